The molecule has 0 radical (unpaired) electrons. The van der Waals surface area contributed by atoms with E-state index < -0.39 is 6.04 Å². The first-order valence-electron chi connectivity index (χ1n) is 11.5. The lowest BCUT2D eigenvalue weighted by Crippen LogP contribution is -2.52. The van der Waals surface area contributed by atoms with Gasteiger partial charge in [0, 0.05) is 36.1 Å². The molecule has 0 aliphatic carbocycles. The number of thiophene rings is 1. The number of amides is 2. The van der Waals surface area contributed by atoms with Crippen molar-refractivity contribution in [3.05, 3.63) is 94.3 Å². The van der Waals surface area contributed by atoms with Crippen molar-refractivity contribution in [2.45, 2.75) is 31.2 Å². The number of aromatic nitrogens is 1. The minimum Gasteiger partial charge on any atom is -0.361 e. The first-order chi connectivity index (χ1) is 16.2. The smallest absolute Gasteiger partial charge is 0.264 e. The Bertz CT molecular complexity index is 1230. The predicted molar refractivity (Wildman–Crippen MR) is 133 cm³/mol. The van der Waals surface area contributed by atoms with Crippen LogP contribution in [0.5, 0.6) is 0 Å². The molecule has 33 heavy (non-hydrogen) atoms. The number of para-hydroxylation sites is 1. The van der Waals surface area contributed by atoms with E-state index in [9.17, 15) is 9.59 Å². The van der Waals surface area contributed by atoms with Gasteiger partial charge in [-0.25, -0.2) is 0 Å². The number of nitrogens with one attached hydrogen (secondary N) is 2. The zero-order chi connectivity index (χ0) is 22.6. The normalized spacial score (nSPS) is 17.1. The van der Waals surface area contributed by atoms with Crippen molar-refractivity contribution in [3.8, 4) is 0 Å². The van der Waals surface area contributed by atoms with E-state index in [0.717, 1.165) is 34.9 Å². The highest BCUT2D eigenvalue weighted by Crippen LogP contribution is 2.31. The summed E-state index contributed by atoms with van der Waals surface area (Å²) in [6.07, 6.45) is 4.63. The third-order valence-electron chi connectivity index (χ3n) is 6.48. The van der Waals surface area contributed by atoms with Gasteiger partial charge >= 0.3 is 0 Å². The number of carbonyl (C=O) groups is 2. The molecule has 0 saturated carbocycles. The summed E-state index contributed by atoms with van der Waals surface area (Å²) < 4.78 is 0. The monoisotopic (exact) mass is 457 g/mol. The average Bonchev–Trinajstić information content (AvgIpc) is 3.55. The van der Waals surface area contributed by atoms with E-state index in [1.165, 1.54) is 11.3 Å². The molecular formula is C27H27N3O2S. The molecule has 2 aromatic heterocycles. The highest BCUT2D eigenvalue weighted by Gasteiger charge is 2.33. The number of aromatic amines is 1. The Hall–Kier alpha value is -3.38. The lowest BCUT2D eigenvalue weighted by atomic mass is 9.90. The van der Waals surface area contributed by atoms with E-state index in [-0.39, 0.29) is 17.7 Å². The predicted octanol–water partition coefficient (Wildman–Crippen LogP) is 5.17. The van der Waals surface area contributed by atoms with Gasteiger partial charge in [-0.3, -0.25) is 9.59 Å². The highest BCUT2D eigenvalue weighted by molar-refractivity contribution is 7.12. The van der Waals surface area contributed by atoms with Crippen molar-refractivity contribution < 1.29 is 9.59 Å². The van der Waals surface area contributed by atoms with E-state index in [2.05, 4.69) is 34.6 Å². The maximum Gasteiger partial charge on any atom is 0.264 e. The maximum absolute atomic E-state index is 13.3. The molecule has 1 aliphatic rings. The SMILES string of the molecule is O=C(NC[C@H](c1ccccc1)c1c[nH]c2ccccc12)[C@H]1CCCCN1C(=O)c1cccs1. The lowest BCUT2D eigenvalue weighted by Gasteiger charge is -2.34. The molecule has 1 aliphatic heterocycles. The molecule has 1 saturated heterocycles. The Kier molecular flexibility index (Phi) is 6.26. The third-order valence-corrected chi connectivity index (χ3v) is 7.34. The second-order valence-corrected chi connectivity index (χ2v) is 9.43. The van der Waals surface area contributed by atoms with Crippen LogP contribution in [0.2, 0.25) is 0 Å². The molecule has 0 unspecified atom stereocenters. The third kappa shape index (κ3) is 4.44. The minimum absolute atomic E-state index is 0.0105. The first-order valence-corrected chi connectivity index (χ1v) is 12.3. The number of benzene rings is 2. The van der Waals surface area contributed by atoms with Crippen LogP contribution in [0.3, 0.4) is 0 Å². The van der Waals surface area contributed by atoms with Crippen molar-refractivity contribution in [3.63, 3.8) is 0 Å². The molecule has 0 spiro atoms. The summed E-state index contributed by atoms with van der Waals surface area (Å²) >= 11 is 1.43. The van der Waals surface area contributed by atoms with Crippen LogP contribution in [0, 0.1) is 0 Å². The summed E-state index contributed by atoms with van der Waals surface area (Å²) in [6, 6.07) is 21.8. The number of H-pyrrole nitrogens is 1. The van der Waals surface area contributed by atoms with E-state index in [4.69, 9.17) is 0 Å². The Morgan fingerprint density at radius 3 is 2.67 bits per heavy atom. The molecule has 2 atom stereocenters. The van der Waals surface area contributed by atoms with Crippen LogP contribution in [0.15, 0.2) is 78.3 Å². The summed E-state index contributed by atoms with van der Waals surface area (Å²) in [4.78, 5) is 32.2. The van der Waals surface area contributed by atoms with Gasteiger partial charge in [0.1, 0.15) is 6.04 Å². The molecule has 0 bridgehead atoms. The van der Waals surface area contributed by atoms with Gasteiger partial charge in [-0.05, 0) is 47.9 Å². The van der Waals surface area contributed by atoms with Gasteiger partial charge in [0.05, 0.1) is 4.88 Å². The standard InChI is InChI=1S/C27H27N3O2S/c31-26(24-13-6-7-15-30(24)27(32)25-14-8-16-33-25)29-17-21(19-9-2-1-3-10-19)22-18-28-23-12-5-4-11-20(22)23/h1-5,8-12,14,16,18,21,24,28H,6-7,13,15,17H2,(H,29,31)/t21-,24-/m1/s1. The van der Waals surface area contributed by atoms with E-state index in [0.29, 0.717) is 24.4 Å². The zero-order valence-corrected chi connectivity index (χ0v) is 19.2. The summed E-state index contributed by atoms with van der Waals surface area (Å²) in [5, 5.41) is 6.25. The number of rotatable bonds is 6. The Morgan fingerprint density at radius 2 is 1.85 bits per heavy atom. The van der Waals surface area contributed by atoms with Crippen molar-refractivity contribution in [1.82, 2.24) is 15.2 Å². The highest BCUT2D eigenvalue weighted by atomic mass is 32.1. The maximum atomic E-state index is 13.3. The largest absolute Gasteiger partial charge is 0.361 e. The topological polar surface area (TPSA) is 65.2 Å². The molecule has 3 heterocycles. The minimum atomic E-state index is -0.423. The molecule has 4 aromatic rings. The van der Waals surface area contributed by atoms with Gasteiger partial charge in [0.25, 0.3) is 5.91 Å². The molecule has 1 fully saturated rings. The van der Waals surface area contributed by atoms with Gasteiger partial charge < -0.3 is 15.2 Å². The van der Waals surface area contributed by atoms with Crippen LogP contribution >= 0.6 is 11.3 Å². The van der Waals surface area contributed by atoms with E-state index in [1.807, 2.05) is 54.0 Å². The van der Waals surface area contributed by atoms with Gasteiger partial charge in [-0.1, -0.05) is 54.6 Å². The van der Waals surface area contributed by atoms with Gasteiger partial charge in [0.2, 0.25) is 5.91 Å². The summed E-state index contributed by atoms with van der Waals surface area (Å²) in [7, 11) is 0. The van der Waals surface area contributed by atoms with Crippen LogP contribution in [0.25, 0.3) is 10.9 Å². The van der Waals surface area contributed by atoms with Crippen LogP contribution in [-0.2, 0) is 4.79 Å². The molecule has 5 rings (SSSR count). The van der Waals surface area contributed by atoms with Crippen molar-refractivity contribution >= 4 is 34.1 Å². The fourth-order valence-corrected chi connectivity index (χ4v) is 5.46. The summed E-state index contributed by atoms with van der Waals surface area (Å²) in [5.74, 6) is -0.0993. The lowest BCUT2D eigenvalue weighted by molar-refractivity contribution is -0.126. The first kappa shape index (κ1) is 21.5. The molecule has 2 amide bonds. The van der Waals surface area contributed by atoms with E-state index in [1.54, 1.807) is 4.90 Å². The van der Waals surface area contributed by atoms with Crippen LogP contribution in [0.4, 0.5) is 0 Å². The van der Waals surface area contributed by atoms with E-state index >= 15 is 0 Å². The number of likely N-dealkylation sites (tertiary alicyclic amines) is 1. The van der Waals surface area contributed by atoms with Crippen molar-refractivity contribution in [2.24, 2.45) is 0 Å². The van der Waals surface area contributed by atoms with Gasteiger partial charge in [-0.2, -0.15) is 0 Å². The zero-order valence-electron chi connectivity index (χ0n) is 18.4. The molecule has 6 heteroatoms. The Labute approximate surface area is 197 Å². The molecule has 2 aromatic carbocycles. The fraction of sp³-hybridized carbons (Fsp3) is 0.259. The van der Waals surface area contributed by atoms with Crippen LogP contribution in [0.1, 0.15) is 46.0 Å². The number of fused-ring (bicyclic) bond motifs is 1. The quantitative estimate of drug-likeness (QED) is 0.419. The van der Waals surface area contributed by atoms with Crippen molar-refractivity contribution in [2.75, 3.05) is 13.1 Å². The Morgan fingerprint density at radius 1 is 1.03 bits per heavy atom. The summed E-state index contributed by atoms with van der Waals surface area (Å²) in [6.45, 7) is 1.10. The average molecular weight is 458 g/mol. The number of nitrogens with zero attached hydrogens (tertiary/aromatic N) is 1. The number of carbonyl (C=O) groups excluding carboxylic acids is 2. The number of piperidine rings is 1. The van der Waals surface area contributed by atoms with Crippen LogP contribution < -0.4 is 5.32 Å². The number of hydrogen-bond donors (Lipinski definition) is 2. The second-order valence-electron chi connectivity index (χ2n) is 8.49. The van der Waals surface area contributed by atoms with Crippen LogP contribution in [-0.4, -0.2) is 40.8 Å². The van der Waals surface area contributed by atoms with Crippen molar-refractivity contribution in [1.29, 1.82) is 0 Å². The fourth-order valence-electron chi connectivity index (χ4n) is 4.78. The molecular weight excluding hydrogens is 430 g/mol. The number of hydrogen-bond acceptors (Lipinski definition) is 3. The van der Waals surface area contributed by atoms with Gasteiger partial charge in [-0.15, -0.1) is 11.3 Å². The molecule has 168 valence electrons. The molecule has 2 N–H and O–H groups in total. The second kappa shape index (κ2) is 9.63. The Balaban J connectivity index is 1.37. The van der Waals surface area contributed by atoms with Gasteiger partial charge in [0.15, 0.2) is 0 Å². The molecule has 5 nitrogen and oxygen atoms in total. The summed E-state index contributed by atoms with van der Waals surface area (Å²) in [5.41, 5.74) is 3.39.